The molecule has 0 fully saturated rings. The molecule has 0 aliphatic carbocycles. The number of ether oxygens (including phenoxy) is 1. The molecule has 5 heterocycles. The van der Waals surface area contributed by atoms with E-state index in [4.69, 9.17) is 14.7 Å². The van der Waals surface area contributed by atoms with Crippen molar-refractivity contribution in [3.05, 3.63) is 70.7 Å². The summed E-state index contributed by atoms with van der Waals surface area (Å²) in [5.41, 5.74) is 3.48. The van der Waals surface area contributed by atoms with Crippen LogP contribution < -0.4 is 20.5 Å². The number of pyridine rings is 1. The Hall–Kier alpha value is -4.51. The van der Waals surface area contributed by atoms with Gasteiger partial charge in [0.1, 0.15) is 5.39 Å². The maximum atomic E-state index is 13.4. The maximum absolute atomic E-state index is 13.4. The van der Waals surface area contributed by atoms with Gasteiger partial charge in [0.2, 0.25) is 5.95 Å². The number of carbonyl (C=O) groups excluding carboxylic acids is 1. The first-order valence-corrected chi connectivity index (χ1v) is 13.4. The summed E-state index contributed by atoms with van der Waals surface area (Å²) in [5.74, 6) is 1.52. The Labute approximate surface area is 231 Å². The summed E-state index contributed by atoms with van der Waals surface area (Å²) in [6, 6.07) is 9.84. The lowest BCUT2D eigenvalue weighted by molar-refractivity contribution is -0.121. The van der Waals surface area contributed by atoms with Crippen LogP contribution in [-0.2, 0) is 23.3 Å². The fourth-order valence-electron chi connectivity index (χ4n) is 5.46. The van der Waals surface area contributed by atoms with Gasteiger partial charge in [-0.25, -0.2) is 19.3 Å². The van der Waals surface area contributed by atoms with Crippen LogP contribution in [0.2, 0.25) is 0 Å². The van der Waals surface area contributed by atoms with Crippen molar-refractivity contribution in [2.24, 2.45) is 0 Å². The molecular formula is C29H32N8O3. The van der Waals surface area contributed by atoms with Crippen molar-refractivity contribution < 1.29 is 9.53 Å². The van der Waals surface area contributed by atoms with Crippen LogP contribution in [-0.4, -0.2) is 61.9 Å². The largest absolute Gasteiger partial charge is 0.480 e. The summed E-state index contributed by atoms with van der Waals surface area (Å²) in [4.78, 5) is 43.7. The van der Waals surface area contributed by atoms with Crippen LogP contribution in [0.5, 0.6) is 5.75 Å². The summed E-state index contributed by atoms with van der Waals surface area (Å²) in [5, 5.41) is 3.68. The van der Waals surface area contributed by atoms with Crippen molar-refractivity contribution in [3.8, 4) is 11.6 Å². The number of fused-ring (bicyclic) bond motifs is 3. The molecule has 2 aliphatic heterocycles. The van der Waals surface area contributed by atoms with Crippen molar-refractivity contribution in [2.75, 3.05) is 37.0 Å². The zero-order chi connectivity index (χ0) is 28.2. The van der Waals surface area contributed by atoms with Crippen molar-refractivity contribution in [3.63, 3.8) is 0 Å². The molecule has 0 unspecified atom stereocenters. The zero-order valence-corrected chi connectivity index (χ0v) is 23.1. The van der Waals surface area contributed by atoms with E-state index in [1.165, 1.54) is 22.0 Å². The first kappa shape index (κ1) is 25.8. The van der Waals surface area contributed by atoms with E-state index in [1.807, 2.05) is 13.0 Å². The van der Waals surface area contributed by atoms with Crippen LogP contribution in [0.3, 0.4) is 0 Å². The summed E-state index contributed by atoms with van der Waals surface area (Å²) in [7, 11) is 2.14. The number of allylic oxidation sites excluding steroid dienone is 1. The number of benzene rings is 1. The molecule has 0 saturated heterocycles. The average Bonchev–Trinajstić information content (AvgIpc) is 3.21. The second kappa shape index (κ2) is 9.60. The van der Waals surface area contributed by atoms with Gasteiger partial charge in [-0.3, -0.25) is 19.4 Å². The zero-order valence-electron chi connectivity index (χ0n) is 23.1. The Morgan fingerprint density at radius 3 is 2.77 bits per heavy atom. The second-order valence-corrected chi connectivity index (χ2v) is 10.6. The van der Waals surface area contributed by atoms with E-state index in [2.05, 4.69) is 54.8 Å². The minimum absolute atomic E-state index is 0.0338. The quantitative estimate of drug-likeness (QED) is 0.371. The van der Waals surface area contributed by atoms with Crippen LogP contribution in [0.4, 0.5) is 17.5 Å². The van der Waals surface area contributed by atoms with Gasteiger partial charge in [-0.05, 0) is 69.6 Å². The molecule has 40 heavy (non-hydrogen) atoms. The molecule has 6 rings (SSSR count). The van der Waals surface area contributed by atoms with E-state index >= 15 is 0 Å². The van der Waals surface area contributed by atoms with Crippen LogP contribution in [0.15, 0.2) is 54.0 Å². The highest BCUT2D eigenvalue weighted by Crippen LogP contribution is 2.36. The Balaban J connectivity index is 1.45. The highest BCUT2D eigenvalue weighted by Gasteiger charge is 2.32. The van der Waals surface area contributed by atoms with Crippen LogP contribution in [0.25, 0.3) is 16.9 Å². The maximum Gasteiger partial charge on any atom is 0.278 e. The molecule has 1 N–H and O–H groups in total. The van der Waals surface area contributed by atoms with Crippen molar-refractivity contribution in [1.29, 1.82) is 0 Å². The lowest BCUT2D eigenvalue weighted by Gasteiger charge is -2.41. The van der Waals surface area contributed by atoms with Gasteiger partial charge in [-0.1, -0.05) is 12.1 Å². The van der Waals surface area contributed by atoms with Gasteiger partial charge >= 0.3 is 0 Å². The van der Waals surface area contributed by atoms with Crippen molar-refractivity contribution in [1.82, 2.24) is 29.2 Å². The summed E-state index contributed by atoms with van der Waals surface area (Å²) < 4.78 is 8.74. The van der Waals surface area contributed by atoms with Crippen LogP contribution in [0.1, 0.15) is 31.9 Å². The SMILES string of the molecule is C=CCn1c(=O)c2cnc(Nc3ccc4c(c3)C(C)(C)N(C)CC4)nc2n1-c1ccc2c(n1)N(CC)C(=O)CO2. The minimum Gasteiger partial charge on any atom is -0.480 e. The molecule has 11 heteroatoms. The van der Waals surface area contributed by atoms with Gasteiger partial charge in [0.05, 0.1) is 6.54 Å². The summed E-state index contributed by atoms with van der Waals surface area (Å²) in [6.45, 7) is 11.8. The van der Waals surface area contributed by atoms with E-state index in [-0.39, 0.29) is 30.2 Å². The smallest absolute Gasteiger partial charge is 0.278 e. The number of rotatable bonds is 6. The van der Waals surface area contributed by atoms with Gasteiger partial charge in [-0.15, -0.1) is 6.58 Å². The minimum atomic E-state index is -0.265. The molecule has 4 aromatic rings. The highest BCUT2D eigenvalue weighted by molar-refractivity contribution is 5.96. The highest BCUT2D eigenvalue weighted by atomic mass is 16.5. The van der Waals surface area contributed by atoms with Gasteiger partial charge in [0.25, 0.3) is 11.5 Å². The fraction of sp³-hybridized carbons (Fsp3) is 0.345. The van der Waals surface area contributed by atoms with E-state index in [0.717, 1.165) is 18.7 Å². The number of hydrogen-bond donors (Lipinski definition) is 1. The number of anilines is 3. The number of aromatic nitrogens is 5. The number of nitrogens with one attached hydrogen (secondary N) is 1. The van der Waals surface area contributed by atoms with Gasteiger partial charge in [-0.2, -0.15) is 4.98 Å². The standard InChI is InChI=1S/C29H32N8O3/c1-6-13-36-27(39)20-16-30-28(31-19-9-8-18-12-14-34(5)29(3,4)21(18)15-19)33-25(20)37(36)23-11-10-22-26(32-23)35(7-2)24(38)17-40-22/h6,8-11,15-16H,1,7,12-14,17H2,2-5H3,(H,30,31,33). The molecule has 3 aromatic heterocycles. The lowest BCUT2D eigenvalue weighted by Crippen LogP contribution is -2.43. The number of amides is 1. The number of carbonyl (C=O) groups is 1. The molecule has 206 valence electrons. The topological polar surface area (TPSA) is 110 Å². The molecular weight excluding hydrogens is 508 g/mol. The fourth-order valence-corrected chi connectivity index (χ4v) is 5.46. The third-order valence-corrected chi connectivity index (χ3v) is 7.94. The molecule has 1 amide bonds. The Morgan fingerprint density at radius 1 is 1.18 bits per heavy atom. The van der Waals surface area contributed by atoms with Crippen LogP contribution in [0, 0.1) is 0 Å². The van der Waals surface area contributed by atoms with E-state index in [1.54, 1.807) is 27.8 Å². The molecule has 2 aliphatic rings. The van der Waals surface area contributed by atoms with Gasteiger partial charge in [0, 0.05) is 30.5 Å². The predicted octanol–water partition coefficient (Wildman–Crippen LogP) is 3.38. The van der Waals surface area contributed by atoms with E-state index in [0.29, 0.717) is 40.9 Å². The van der Waals surface area contributed by atoms with Crippen molar-refractivity contribution >= 4 is 34.4 Å². The Morgan fingerprint density at radius 2 is 2.00 bits per heavy atom. The molecule has 1 aromatic carbocycles. The number of likely N-dealkylation sites (N-methyl/N-ethyl adjacent to an activating group) is 2. The average molecular weight is 541 g/mol. The number of hydrogen-bond acceptors (Lipinski definition) is 8. The van der Waals surface area contributed by atoms with Crippen molar-refractivity contribution in [2.45, 2.75) is 39.3 Å². The molecule has 0 atom stereocenters. The summed E-state index contributed by atoms with van der Waals surface area (Å²) >= 11 is 0. The van der Waals surface area contributed by atoms with E-state index in [9.17, 15) is 9.59 Å². The predicted molar refractivity (Wildman–Crippen MR) is 154 cm³/mol. The van der Waals surface area contributed by atoms with E-state index < -0.39 is 0 Å². The number of nitrogens with zero attached hydrogens (tertiary/aromatic N) is 7. The second-order valence-electron chi connectivity index (χ2n) is 10.6. The lowest BCUT2D eigenvalue weighted by atomic mass is 9.83. The third-order valence-electron chi connectivity index (χ3n) is 7.94. The normalized spacial score (nSPS) is 16.4. The molecule has 0 radical (unpaired) electrons. The molecule has 0 spiro atoms. The van der Waals surface area contributed by atoms with Crippen LogP contribution >= 0.6 is 0 Å². The third kappa shape index (κ3) is 4.04. The Kier molecular flexibility index (Phi) is 6.18. The molecule has 0 bridgehead atoms. The molecule has 11 nitrogen and oxygen atoms in total. The first-order valence-electron chi connectivity index (χ1n) is 13.4. The van der Waals surface area contributed by atoms with Gasteiger partial charge < -0.3 is 10.1 Å². The molecule has 0 saturated carbocycles. The van der Waals surface area contributed by atoms with Gasteiger partial charge in [0.15, 0.2) is 29.6 Å². The summed E-state index contributed by atoms with van der Waals surface area (Å²) in [6.07, 6.45) is 4.17. The monoisotopic (exact) mass is 540 g/mol. The first-order chi connectivity index (χ1) is 19.2. The Bertz CT molecular complexity index is 1720.